The molecule has 0 radical (unpaired) electrons. The smallest absolute Gasteiger partial charge is 0.0945 e. The first-order valence-corrected chi connectivity index (χ1v) is 7.64. The van der Waals surface area contributed by atoms with Crippen molar-refractivity contribution in [1.29, 1.82) is 0 Å². The number of ether oxygens (including phenoxy) is 1. The Morgan fingerprint density at radius 3 is 2.55 bits per heavy atom. The zero-order chi connectivity index (χ0) is 15.0. The SMILES string of the molecule is CCc1ccccc1NCC(O)COC(C)CC(C)C. The molecule has 3 nitrogen and oxygen atoms in total. The molecule has 20 heavy (non-hydrogen) atoms. The number of benzene rings is 1. The van der Waals surface area contributed by atoms with Crippen molar-refractivity contribution >= 4 is 5.69 Å². The molecule has 1 aromatic carbocycles. The molecule has 1 aromatic rings. The summed E-state index contributed by atoms with van der Waals surface area (Å²) in [6.45, 7) is 9.46. The predicted octanol–water partition coefficient (Wildman–Crippen LogP) is 3.47. The van der Waals surface area contributed by atoms with Gasteiger partial charge in [-0.3, -0.25) is 0 Å². The Labute approximate surface area is 123 Å². The molecule has 0 amide bonds. The Bertz CT molecular complexity index is 379. The molecule has 2 atom stereocenters. The first kappa shape index (κ1) is 17.0. The fraction of sp³-hybridized carbons (Fsp3) is 0.647. The van der Waals surface area contributed by atoms with Crippen molar-refractivity contribution in [2.45, 2.75) is 52.7 Å². The van der Waals surface area contributed by atoms with Crippen molar-refractivity contribution in [2.75, 3.05) is 18.5 Å². The summed E-state index contributed by atoms with van der Waals surface area (Å²) < 4.78 is 5.67. The van der Waals surface area contributed by atoms with Crippen LogP contribution in [0.25, 0.3) is 0 Å². The van der Waals surface area contributed by atoms with E-state index in [0.717, 1.165) is 18.5 Å². The quantitative estimate of drug-likeness (QED) is 0.727. The average molecular weight is 279 g/mol. The van der Waals surface area contributed by atoms with Crippen LogP contribution in [0.4, 0.5) is 5.69 Å². The number of hydrogen-bond acceptors (Lipinski definition) is 3. The second-order valence-electron chi connectivity index (χ2n) is 5.82. The van der Waals surface area contributed by atoms with E-state index in [1.54, 1.807) is 0 Å². The number of anilines is 1. The van der Waals surface area contributed by atoms with Gasteiger partial charge in [0, 0.05) is 12.2 Å². The highest BCUT2D eigenvalue weighted by atomic mass is 16.5. The zero-order valence-corrected chi connectivity index (χ0v) is 13.2. The Balaban J connectivity index is 2.31. The van der Waals surface area contributed by atoms with Crippen LogP contribution in [0, 0.1) is 5.92 Å². The third-order valence-electron chi connectivity index (χ3n) is 3.30. The Kier molecular flexibility index (Phi) is 7.63. The fourth-order valence-corrected chi connectivity index (χ4v) is 2.29. The van der Waals surface area contributed by atoms with E-state index in [9.17, 15) is 5.11 Å². The molecule has 0 spiro atoms. The van der Waals surface area contributed by atoms with Crippen molar-refractivity contribution < 1.29 is 9.84 Å². The number of hydrogen-bond donors (Lipinski definition) is 2. The van der Waals surface area contributed by atoms with Gasteiger partial charge < -0.3 is 15.2 Å². The van der Waals surface area contributed by atoms with E-state index in [0.29, 0.717) is 19.1 Å². The summed E-state index contributed by atoms with van der Waals surface area (Å²) >= 11 is 0. The van der Waals surface area contributed by atoms with Gasteiger partial charge in [-0.1, -0.05) is 39.0 Å². The van der Waals surface area contributed by atoms with Gasteiger partial charge in [-0.05, 0) is 37.3 Å². The first-order chi connectivity index (χ1) is 9.52. The molecule has 0 aliphatic carbocycles. The number of aryl methyl sites for hydroxylation is 1. The van der Waals surface area contributed by atoms with Gasteiger partial charge in [0.25, 0.3) is 0 Å². The molecule has 0 aromatic heterocycles. The normalized spacial score (nSPS) is 14.3. The summed E-state index contributed by atoms with van der Waals surface area (Å²) in [6.07, 6.45) is 1.74. The van der Waals surface area contributed by atoms with Crippen LogP contribution in [0.1, 0.15) is 39.7 Å². The second kappa shape index (κ2) is 8.98. The van der Waals surface area contributed by atoms with Crippen LogP contribution >= 0.6 is 0 Å². The molecule has 0 aliphatic heterocycles. The standard InChI is InChI=1S/C17H29NO2/c1-5-15-8-6-7-9-17(15)18-11-16(19)12-20-14(4)10-13(2)3/h6-9,13-14,16,18-19H,5,10-12H2,1-4H3. The van der Waals surface area contributed by atoms with Crippen LogP contribution in [0.2, 0.25) is 0 Å². The monoisotopic (exact) mass is 279 g/mol. The molecule has 0 saturated heterocycles. The summed E-state index contributed by atoms with van der Waals surface area (Å²) in [4.78, 5) is 0. The molecule has 0 bridgehead atoms. The molecule has 1 rings (SSSR count). The van der Waals surface area contributed by atoms with Gasteiger partial charge in [0.15, 0.2) is 0 Å². The van der Waals surface area contributed by atoms with E-state index >= 15 is 0 Å². The molecule has 0 heterocycles. The molecule has 3 heteroatoms. The molecule has 2 N–H and O–H groups in total. The van der Waals surface area contributed by atoms with Gasteiger partial charge in [-0.2, -0.15) is 0 Å². The summed E-state index contributed by atoms with van der Waals surface area (Å²) in [5, 5.41) is 13.3. The van der Waals surface area contributed by atoms with Crippen molar-refractivity contribution in [1.82, 2.24) is 0 Å². The molecule has 0 fully saturated rings. The molecule has 0 saturated carbocycles. The first-order valence-electron chi connectivity index (χ1n) is 7.64. The van der Waals surface area contributed by atoms with Crippen LogP contribution in [-0.4, -0.2) is 30.5 Å². The molecular formula is C17H29NO2. The van der Waals surface area contributed by atoms with Gasteiger partial charge in [0.05, 0.1) is 18.8 Å². The van der Waals surface area contributed by atoms with E-state index in [4.69, 9.17) is 4.74 Å². The Morgan fingerprint density at radius 1 is 1.20 bits per heavy atom. The minimum atomic E-state index is -0.477. The van der Waals surface area contributed by atoms with Crippen LogP contribution in [0.15, 0.2) is 24.3 Å². The maximum Gasteiger partial charge on any atom is 0.0945 e. The number of aliphatic hydroxyl groups is 1. The lowest BCUT2D eigenvalue weighted by Crippen LogP contribution is -2.27. The number of aliphatic hydroxyl groups excluding tert-OH is 1. The molecule has 0 aliphatic rings. The van der Waals surface area contributed by atoms with E-state index in [1.165, 1.54) is 5.56 Å². The van der Waals surface area contributed by atoms with Crippen molar-refractivity contribution in [2.24, 2.45) is 5.92 Å². The fourth-order valence-electron chi connectivity index (χ4n) is 2.29. The van der Waals surface area contributed by atoms with Gasteiger partial charge >= 0.3 is 0 Å². The van der Waals surface area contributed by atoms with Crippen molar-refractivity contribution in [3.63, 3.8) is 0 Å². The lowest BCUT2D eigenvalue weighted by Gasteiger charge is -2.19. The third-order valence-corrected chi connectivity index (χ3v) is 3.30. The zero-order valence-electron chi connectivity index (χ0n) is 13.2. The summed E-state index contributed by atoms with van der Waals surface area (Å²) in [6, 6.07) is 8.20. The molecule has 114 valence electrons. The number of rotatable bonds is 9. The maximum atomic E-state index is 9.97. The van der Waals surface area contributed by atoms with E-state index in [-0.39, 0.29) is 6.10 Å². The number of nitrogens with one attached hydrogen (secondary N) is 1. The summed E-state index contributed by atoms with van der Waals surface area (Å²) in [5.74, 6) is 0.622. The van der Waals surface area contributed by atoms with Crippen LogP contribution in [0.3, 0.4) is 0 Å². The Morgan fingerprint density at radius 2 is 1.90 bits per heavy atom. The molecular weight excluding hydrogens is 250 g/mol. The van der Waals surface area contributed by atoms with Crippen LogP contribution in [0.5, 0.6) is 0 Å². The minimum Gasteiger partial charge on any atom is -0.389 e. The van der Waals surface area contributed by atoms with Gasteiger partial charge in [0.1, 0.15) is 0 Å². The van der Waals surface area contributed by atoms with Gasteiger partial charge in [0.2, 0.25) is 0 Å². The van der Waals surface area contributed by atoms with Gasteiger partial charge in [-0.15, -0.1) is 0 Å². The minimum absolute atomic E-state index is 0.201. The van der Waals surface area contributed by atoms with E-state index in [2.05, 4.69) is 39.1 Å². The van der Waals surface area contributed by atoms with E-state index < -0.39 is 6.10 Å². The highest BCUT2D eigenvalue weighted by molar-refractivity contribution is 5.51. The average Bonchev–Trinajstić information content (AvgIpc) is 2.42. The second-order valence-corrected chi connectivity index (χ2v) is 5.82. The summed E-state index contributed by atoms with van der Waals surface area (Å²) in [7, 11) is 0. The number of para-hydroxylation sites is 1. The highest BCUT2D eigenvalue weighted by Gasteiger charge is 2.10. The maximum absolute atomic E-state index is 9.97. The lowest BCUT2D eigenvalue weighted by atomic mass is 10.1. The summed E-state index contributed by atoms with van der Waals surface area (Å²) in [5.41, 5.74) is 2.37. The van der Waals surface area contributed by atoms with Crippen molar-refractivity contribution in [3.05, 3.63) is 29.8 Å². The topological polar surface area (TPSA) is 41.5 Å². The lowest BCUT2D eigenvalue weighted by molar-refractivity contribution is -0.00444. The third kappa shape index (κ3) is 6.40. The molecule has 2 unspecified atom stereocenters. The Hall–Kier alpha value is -1.06. The van der Waals surface area contributed by atoms with E-state index in [1.807, 2.05) is 18.2 Å². The van der Waals surface area contributed by atoms with Crippen LogP contribution < -0.4 is 5.32 Å². The highest BCUT2D eigenvalue weighted by Crippen LogP contribution is 2.15. The predicted molar refractivity (Wildman–Crippen MR) is 85.2 cm³/mol. The van der Waals surface area contributed by atoms with Crippen molar-refractivity contribution in [3.8, 4) is 0 Å². The largest absolute Gasteiger partial charge is 0.389 e. The van der Waals surface area contributed by atoms with Gasteiger partial charge in [-0.25, -0.2) is 0 Å². The van der Waals surface area contributed by atoms with Crippen LogP contribution in [-0.2, 0) is 11.2 Å².